The fraction of sp³-hybridized carbons (Fsp3) is 0.263. The minimum atomic E-state index is -4.18. The molecule has 5 aromatic rings. The number of carbonyl (C=O) groups is 2. The second-order valence-electron chi connectivity index (χ2n) is 13.6. The van der Waals surface area contributed by atoms with Crippen molar-refractivity contribution in [2.45, 2.75) is 53.0 Å². The van der Waals surface area contributed by atoms with Gasteiger partial charge >= 0.3 is 0 Å². The van der Waals surface area contributed by atoms with E-state index in [0.29, 0.717) is 31.0 Å². The molecule has 264 valence electrons. The van der Waals surface area contributed by atoms with Gasteiger partial charge in [0, 0.05) is 32.0 Å². The van der Waals surface area contributed by atoms with Crippen molar-refractivity contribution in [1.29, 1.82) is 0 Å². The van der Waals surface area contributed by atoms with Crippen LogP contribution in [0, 0.1) is 6.92 Å². The van der Waals surface area contributed by atoms with Gasteiger partial charge in [0.15, 0.2) is 10.2 Å². The molecule has 2 bridgehead atoms. The first-order chi connectivity index (χ1) is 25.1. The summed E-state index contributed by atoms with van der Waals surface area (Å²) >= 11 is 0. The molecule has 6 heterocycles. The van der Waals surface area contributed by atoms with E-state index in [4.69, 9.17) is 4.74 Å². The number of rotatable bonds is 9. The summed E-state index contributed by atoms with van der Waals surface area (Å²) < 4.78 is 38.7. The summed E-state index contributed by atoms with van der Waals surface area (Å²) in [5.41, 5.74) is 4.04. The number of fused-ring (bicyclic) bond motifs is 5. The van der Waals surface area contributed by atoms with Gasteiger partial charge in [0.05, 0.1) is 28.8 Å². The Morgan fingerprint density at radius 1 is 0.923 bits per heavy atom. The van der Waals surface area contributed by atoms with Crippen LogP contribution in [0.25, 0.3) is 11.3 Å². The van der Waals surface area contributed by atoms with Crippen molar-refractivity contribution in [3.05, 3.63) is 126 Å². The number of likely N-dealkylation sites (N-methyl/N-ethyl adjacent to an activating group) is 1. The van der Waals surface area contributed by atoms with Crippen molar-refractivity contribution in [1.82, 2.24) is 24.8 Å². The molecular formula is C38H34N6O5S3. The largest absolute Gasteiger partial charge is 0.494 e. The lowest BCUT2D eigenvalue weighted by Crippen LogP contribution is -2.72. The Morgan fingerprint density at radius 3 is 2.42 bits per heavy atom. The number of aromatic nitrogens is 3. The number of piperazine rings is 1. The van der Waals surface area contributed by atoms with Gasteiger partial charge in [0.25, 0.3) is 21.8 Å². The molecule has 4 atom stereocenters. The van der Waals surface area contributed by atoms with Gasteiger partial charge < -0.3 is 9.64 Å². The van der Waals surface area contributed by atoms with Crippen molar-refractivity contribution >= 4 is 49.1 Å². The maximum absolute atomic E-state index is 14.7. The molecule has 4 fully saturated rings. The number of sulfonamides is 1. The maximum atomic E-state index is 14.7. The highest BCUT2D eigenvalue weighted by Gasteiger charge is 2.77. The van der Waals surface area contributed by atoms with E-state index < -0.39 is 31.8 Å². The van der Waals surface area contributed by atoms with Crippen LogP contribution < -0.4 is 9.04 Å². The molecule has 0 saturated carbocycles. The minimum Gasteiger partial charge on any atom is -0.494 e. The normalized spacial score (nSPS) is 24.6. The first-order valence-electron chi connectivity index (χ1n) is 17.0. The highest BCUT2D eigenvalue weighted by molar-refractivity contribution is 8.78. The van der Waals surface area contributed by atoms with Crippen molar-refractivity contribution in [3.8, 4) is 17.0 Å². The van der Waals surface area contributed by atoms with E-state index in [1.165, 1.54) is 36.4 Å². The second kappa shape index (κ2) is 12.1. The maximum Gasteiger partial charge on any atom is 0.266 e. The fourth-order valence-corrected chi connectivity index (χ4v) is 13.2. The molecule has 1 aromatic heterocycles. The van der Waals surface area contributed by atoms with Crippen LogP contribution in [0.3, 0.4) is 0 Å². The summed E-state index contributed by atoms with van der Waals surface area (Å²) in [6, 6.07) is 31.5. The summed E-state index contributed by atoms with van der Waals surface area (Å²) in [6.07, 6.45) is 1.84. The predicted octanol–water partition coefficient (Wildman–Crippen LogP) is 5.67. The van der Waals surface area contributed by atoms with E-state index in [-0.39, 0.29) is 23.1 Å². The third-order valence-corrected chi connectivity index (χ3v) is 15.6. The van der Waals surface area contributed by atoms with Crippen LogP contribution in [0.1, 0.15) is 29.5 Å². The van der Waals surface area contributed by atoms with Gasteiger partial charge in [-0.15, -0.1) is 5.10 Å². The predicted molar refractivity (Wildman–Crippen MR) is 200 cm³/mol. The van der Waals surface area contributed by atoms with Crippen molar-refractivity contribution in [3.63, 3.8) is 0 Å². The van der Waals surface area contributed by atoms with Gasteiger partial charge in [-0.3, -0.25) is 19.2 Å². The summed E-state index contributed by atoms with van der Waals surface area (Å²) in [5.74, 6) is 0.196. The molecule has 4 aromatic carbocycles. The zero-order valence-electron chi connectivity index (χ0n) is 28.3. The molecule has 14 heteroatoms. The van der Waals surface area contributed by atoms with Crippen LogP contribution in [0.2, 0.25) is 0 Å². The van der Waals surface area contributed by atoms with Crippen molar-refractivity contribution in [2.75, 3.05) is 18.0 Å². The minimum absolute atomic E-state index is 0.114. The first-order valence-corrected chi connectivity index (χ1v) is 20.6. The van der Waals surface area contributed by atoms with Gasteiger partial charge in [0.1, 0.15) is 17.6 Å². The molecule has 0 aliphatic carbocycles. The Kier molecular flexibility index (Phi) is 7.72. The van der Waals surface area contributed by atoms with Gasteiger partial charge in [-0.25, -0.2) is 12.7 Å². The molecule has 0 unspecified atom stereocenters. The second-order valence-corrected chi connectivity index (χ2v) is 17.9. The van der Waals surface area contributed by atoms with Crippen LogP contribution in [-0.2, 0) is 31.6 Å². The highest BCUT2D eigenvalue weighted by atomic mass is 33.1. The molecule has 1 spiro atoms. The van der Waals surface area contributed by atoms with Gasteiger partial charge in [-0.1, -0.05) is 105 Å². The standard InChI is InChI=1S/C38H34N6O5S3/c1-25-13-15-26(16-14-25)31-23-42(40-39-31)21-8-22-49-28-19-17-27(18-20-28)37-24-38-36(46)41(2)34(50-51-38)33(45)43(38)35(37)44(32-12-7-6-11-30(32)37)52(47,48)29-9-4-3-5-10-29/h3-7,9-20,23,34-35H,8,21-22,24H2,1-2H3/t34-,35-,37-,38-/m0/s1. The zero-order valence-corrected chi connectivity index (χ0v) is 30.8. The van der Waals surface area contributed by atoms with Crippen LogP contribution in [0.5, 0.6) is 5.75 Å². The summed E-state index contributed by atoms with van der Waals surface area (Å²) in [5, 5.41) is 7.84. The van der Waals surface area contributed by atoms with E-state index in [0.717, 1.165) is 22.4 Å². The third kappa shape index (κ3) is 4.76. The molecule has 5 aliphatic rings. The Labute approximate surface area is 309 Å². The van der Waals surface area contributed by atoms with Crippen LogP contribution >= 0.6 is 21.6 Å². The Morgan fingerprint density at radius 2 is 1.65 bits per heavy atom. The quantitative estimate of drug-likeness (QED) is 0.139. The highest BCUT2D eigenvalue weighted by Crippen LogP contribution is 2.69. The molecule has 52 heavy (non-hydrogen) atoms. The lowest BCUT2D eigenvalue weighted by Gasteiger charge is -2.53. The molecule has 4 saturated heterocycles. The molecule has 10 rings (SSSR count). The molecule has 11 nitrogen and oxygen atoms in total. The van der Waals surface area contributed by atoms with Gasteiger partial charge in [0.2, 0.25) is 0 Å². The first kappa shape index (κ1) is 33.1. The van der Waals surface area contributed by atoms with Crippen LogP contribution in [-0.4, -0.2) is 75.1 Å². The lowest BCUT2D eigenvalue weighted by molar-refractivity contribution is -0.158. The number of hydrogen-bond acceptors (Lipinski definition) is 9. The van der Waals surface area contributed by atoms with E-state index in [1.54, 1.807) is 48.3 Å². The van der Waals surface area contributed by atoms with E-state index in [9.17, 15) is 18.0 Å². The average molecular weight is 751 g/mol. The summed E-state index contributed by atoms with van der Waals surface area (Å²) in [4.78, 5) is 30.4. The Bertz CT molecular complexity index is 2320. The Balaban J connectivity index is 1.04. The van der Waals surface area contributed by atoms with E-state index in [1.807, 2.05) is 65.5 Å². The number of nitrogens with zero attached hydrogens (tertiary/aromatic N) is 6. The number of benzene rings is 4. The van der Waals surface area contributed by atoms with E-state index >= 15 is 0 Å². The SMILES string of the molecule is Cc1ccc(-c2cn(CCCOc3ccc([C@]45C[C@@]67SS[C@@H](C(=O)N6[C@H]4N(S(=O)(=O)c4ccccc4)c4ccccc45)N(C)C7=O)cc3)nn2)cc1. The van der Waals surface area contributed by atoms with Crippen molar-refractivity contribution < 1.29 is 22.7 Å². The summed E-state index contributed by atoms with van der Waals surface area (Å²) in [7, 11) is 0.209. The number of ether oxygens (including phenoxy) is 1. The number of amides is 2. The average Bonchev–Trinajstić information content (AvgIpc) is 3.84. The topological polar surface area (TPSA) is 118 Å². The lowest BCUT2D eigenvalue weighted by atomic mass is 9.72. The summed E-state index contributed by atoms with van der Waals surface area (Å²) in [6.45, 7) is 3.13. The van der Waals surface area contributed by atoms with Gasteiger partial charge in [-0.05, 0) is 48.4 Å². The fourth-order valence-electron chi connectivity index (χ4n) is 8.07. The number of anilines is 1. The molecule has 0 radical (unpaired) electrons. The number of carbonyl (C=O) groups excluding carboxylic acids is 2. The Hall–Kier alpha value is -4.79. The van der Waals surface area contributed by atoms with Gasteiger partial charge in [-0.2, -0.15) is 0 Å². The molecule has 2 amide bonds. The molecule has 0 N–H and O–H groups in total. The zero-order chi connectivity index (χ0) is 35.8. The smallest absolute Gasteiger partial charge is 0.266 e. The number of para-hydroxylation sites is 1. The third-order valence-electron chi connectivity index (χ3n) is 10.5. The van der Waals surface area contributed by atoms with Crippen LogP contribution in [0.15, 0.2) is 114 Å². The number of aryl methyl sites for hydroxylation is 2. The van der Waals surface area contributed by atoms with Crippen LogP contribution in [0.4, 0.5) is 5.69 Å². The molecular weight excluding hydrogens is 717 g/mol. The molecule has 5 aliphatic heterocycles. The number of hydrogen-bond donors (Lipinski definition) is 0. The van der Waals surface area contributed by atoms with Crippen molar-refractivity contribution in [2.24, 2.45) is 0 Å². The monoisotopic (exact) mass is 750 g/mol. The van der Waals surface area contributed by atoms with E-state index in [2.05, 4.69) is 29.4 Å².